The van der Waals surface area contributed by atoms with Crippen molar-refractivity contribution in [3.05, 3.63) is 52.1 Å². The summed E-state index contributed by atoms with van der Waals surface area (Å²) in [7, 11) is -3.43. The lowest BCUT2D eigenvalue weighted by Gasteiger charge is -2.34. The minimum atomic E-state index is -3.43. The highest BCUT2D eigenvalue weighted by molar-refractivity contribution is 7.92. The maximum atomic E-state index is 12.7. The largest absolute Gasteiger partial charge is 0.507 e. The highest BCUT2D eigenvalue weighted by Gasteiger charge is 2.35. The molecule has 7 nitrogen and oxygen atoms in total. The average molecular weight is 514 g/mol. The number of nitrogens with zero attached hydrogens (tertiary/aromatic N) is 1. The number of anilines is 2. The summed E-state index contributed by atoms with van der Waals surface area (Å²) in [5, 5.41) is 13.0. The highest BCUT2D eigenvalue weighted by atomic mass is 32.2. The smallest absolute Gasteiger partial charge is 0.255 e. The van der Waals surface area contributed by atoms with Crippen LogP contribution < -0.4 is 14.9 Å². The number of carbonyl (C=O) groups is 1. The summed E-state index contributed by atoms with van der Waals surface area (Å²) in [5.41, 5.74) is 6.29. The van der Waals surface area contributed by atoms with Gasteiger partial charge in [0.2, 0.25) is 10.0 Å². The number of phenols is 1. The zero-order valence-electron chi connectivity index (χ0n) is 22.1. The Morgan fingerprint density at radius 2 is 1.81 bits per heavy atom. The van der Waals surface area contributed by atoms with Gasteiger partial charge in [-0.15, -0.1) is 0 Å². The Bertz CT molecular complexity index is 1260. The lowest BCUT2D eigenvalue weighted by Crippen LogP contribution is -2.36. The number of phenolic OH excluding ortho intramolecular Hbond substituents is 1. The summed E-state index contributed by atoms with van der Waals surface area (Å²) in [6.45, 7) is 9.64. The molecule has 4 rings (SSSR count). The fraction of sp³-hybridized carbons (Fsp3) is 0.536. The third-order valence-corrected chi connectivity index (χ3v) is 8.28. The van der Waals surface area contributed by atoms with Crippen molar-refractivity contribution in [3.63, 3.8) is 0 Å². The summed E-state index contributed by atoms with van der Waals surface area (Å²) in [6, 6.07) is 7.06. The number of fused-ring (bicyclic) bond motifs is 1. The van der Waals surface area contributed by atoms with Crippen molar-refractivity contribution < 1.29 is 18.3 Å². The van der Waals surface area contributed by atoms with Crippen LogP contribution in [-0.4, -0.2) is 44.8 Å². The van der Waals surface area contributed by atoms with E-state index in [2.05, 4.69) is 28.8 Å². The minimum absolute atomic E-state index is 0.0382. The lowest BCUT2D eigenvalue weighted by atomic mass is 9.81. The zero-order valence-corrected chi connectivity index (χ0v) is 22.9. The normalized spacial score (nSPS) is 16.3. The number of hydrogen-bond donors (Lipinski definition) is 3. The molecular weight excluding hydrogens is 474 g/mol. The van der Waals surface area contributed by atoms with Crippen molar-refractivity contribution in [1.82, 2.24) is 5.32 Å². The van der Waals surface area contributed by atoms with Crippen LogP contribution in [0, 0.1) is 19.3 Å². The molecule has 0 spiro atoms. The first-order valence-electron chi connectivity index (χ1n) is 12.8. The number of amides is 1. The molecule has 8 heteroatoms. The molecule has 196 valence electrons. The summed E-state index contributed by atoms with van der Waals surface area (Å²) >= 11 is 0. The molecule has 0 aromatic heterocycles. The van der Waals surface area contributed by atoms with Crippen LogP contribution in [0.4, 0.5) is 11.4 Å². The van der Waals surface area contributed by atoms with Crippen molar-refractivity contribution in [2.45, 2.75) is 72.3 Å². The monoisotopic (exact) mass is 513 g/mol. The van der Waals surface area contributed by atoms with Gasteiger partial charge in [0.05, 0.1) is 17.5 Å². The van der Waals surface area contributed by atoms with Crippen LogP contribution in [0.2, 0.25) is 0 Å². The van der Waals surface area contributed by atoms with Crippen molar-refractivity contribution in [1.29, 1.82) is 0 Å². The first kappa shape index (κ1) is 26.3. The van der Waals surface area contributed by atoms with Gasteiger partial charge in [-0.3, -0.25) is 9.52 Å². The molecule has 1 amide bonds. The molecule has 0 bridgehead atoms. The molecule has 0 atom stereocenters. The summed E-state index contributed by atoms with van der Waals surface area (Å²) < 4.78 is 27.2. The van der Waals surface area contributed by atoms with Crippen LogP contribution in [0.3, 0.4) is 0 Å². The van der Waals surface area contributed by atoms with Crippen molar-refractivity contribution in [2.24, 2.45) is 5.41 Å². The average Bonchev–Trinajstić information content (AvgIpc) is 3.48. The van der Waals surface area contributed by atoms with E-state index in [-0.39, 0.29) is 22.6 Å². The predicted octanol–water partition coefficient (Wildman–Crippen LogP) is 4.68. The van der Waals surface area contributed by atoms with Gasteiger partial charge in [-0.1, -0.05) is 38.8 Å². The molecule has 2 aromatic rings. The summed E-state index contributed by atoms with van der Waals surface area (Å²) in [5.74, 6) is -0.345. The van der Waals surface area contributed by atoms with E-state index in [9.17, 15) is 18.3 Å². The zero-order chi connectivity index (χ0) is 26.3. The number of hydrogen-bond acceptors (Lipinski definition) is 5. The molecule has 1 aliphatic carbocycles. The standard InChI is InChI=1S/C28H39N3O4S/c1-18-21-14-15-31(20-10-6-7-11-20)26(21)23(19(2)25(18)30-36(5,34)35)16-28(3,4)17-29-27(33)22-12-8-9-13-24(22)32/h8-9,12-13,20,30,32H,6-7,10-11,14-17H2,1-5H3,(H,29,33). The molecule has 0 saturated heterocycles. The number of benzene rings is 2. The van der Waals surface area contributed by atoms with Crippen LogP contribution >= 0.6 is 0 Å². The molecule has 1 heterocycles. The van der Waals surface area contributed by atoms with Crippen molar-refractivity contribution in [2.75, 3.05) is 29.0 Å². The van der Waals surface area contributed by atoms with Crippen LogP contribution in [0.5, 0.6) is 5.75 Å². The Kier molecular flexibility index (Phi) is 7.28. The molecule has 1 fully saturated rings. The quantitative estimate of drug-likeness (QED) is 0.476. The predicted molar refractivity (Wildman–Crippen MR) is 146 cm³/mol. The maximum Gasteiger partial charge on any atom is 0.255 e. The topological polar surface area (TPSA) is 98.7 Å². The van der Waals surface area contributed by atoms with Gasteiger partial charge in [-0.05, 0) is 79.3 Å². The van der Waals surface area contributed by atoms with Gasteiger partial charge in [-0.25, -0.2) is 8.42 Å². The second-order valence-corrected chi connectivity index (χ2v) is 13.0. The fourth-order valence-corrected chi connectivity index (χ4v) is 6.55. The molecule has 0 unspecified atom stereocenters. The Labute approximate surface area is 215 Å². The van der Waals surface area contributed by atoms with E-state index in [1.165, 1.54) is 49.3 Å². The molecule has 1 saturated carbocycles. The van der Waals surface area contributed by atoms with Crippen molar-refractivity contribution >= 4 is 27.3 Å². The first-order valence-corrected chi connectivity index (χ1v) is 14.7. The summed E-state index contributed by atoms with van der Waals surface area (Å²) in [4.78, 5) is 15.3. The lowest BCUT2D eigenvalue weighted by molar-refractivity contribution is 0.0933. The first-order chi connectivity index (χ1) is 16.9. The van der Waals surface area contributed by atoms with Gasteiger partial charge >= 0.3 is 0 Å². The molecule has 2 aliphatic rings. The Balaban J connectivity index is 1.68. The van der Waals surface area contributed by atoms with Crippen LogP contribution in [0.25, 0.3) is 0 Å². The van der Waals surface area contributed by atoms with E-state index < -0.39 is 10.0 Å². The number of rotatable bonds is 8. The molecule has 0 radical (unpaired) electrons. The molecular formula is C28H39N3O4S. The molecule has 3 N–H and O–H groups in total. The Morgan fingerprint density at radius 3 is 2.44 bits per heavy atom. The summed E-state index contributed by atoms with van der Waals surface area (Å²) in [6.07, 6.45) is 7.68. The number of sulfonamides is 1. The van der Waals surface area contributed by atoms with Gasteiger partial charge in [0.15, 0.2) is 0 Å². The number of carbonyl (C=O) groups excluding carboxylic acids is 1. The third-order valence-electron chi connectivity index (χ3n) is 7.70. The second kappa shape index (κ2) is 9.96. The molecule has 2 aromatic carbocycles. The molecule has 1 aliphatic heterocycles. The highest BCUT2D eigenvalue weighted by Crippen LogP contribution is 2.46. The molecule has 36 heavy (non-hydrogen) atoms. The van der Waals surface area contributed by atoms with Crippen LogP contribution in [0.1, 0.15) is 72.1 Å². The SMILES string of the molecule is Cc1c2c(c(CC(C)(C)CNC(=O)c3ccccc3O)c(C)c1NS(C)(=O)=O)N(C1CCCC1)CC2. The number of nitrogens with one attached hydrogen (secondary N) is 2. The van der Waals surface area contributed by atoms with Gasteiger partial charge in [-0.2, -0.15) is 0 Å². The van der Waals surface area contributed by atoms with E-state index in [4.69, 9.17) is 0 Å². The Morgan fingerprint density at radius 1 is 1.14 bits per heavy atom. The van der Waals surface area contributed by atoms with E-state index >= 15 is 0 Å². The maximum absolute atomic E-state index is 12.7. The van der Waals surface area contributed by atoms with E-state index in [1.54, 1.807) is 18.2 Å². The van der Waals surface area contributed by atoms with Gasteiger partial charge < -0.3 is 15.3 Å². The fourth-order valence-electron chi connectivity index (χ4n) is 5.87. The van der Waals surface area contributed by atoms with E-state index in [0.717, 1.165) is 29.7 Å². The van der Waals surface area contributed by atoms with E-state index in [1.807, 2.05) is 13.8 Å². The number of para-hydroxylation sites is 1. The Hall–Kier alpha value is -2.74. The second-order valence-electron chi connectivity index (χ2n) is 11.2. The van der Waals surface area contributed by atoms with Gasteiger partial charge in [0, 0.05) is 24.8 Å². The van der Waals surface area contributed by atoms with Crippen LogP contribution in [-0.2, 0) is 22.9 Å². The van der Waals surface area contributed by atoms with Crippen molar-refractivity contribution in [3.8, 4) is 5.75 Å². The van der Waals surface area contributed by atoms with E-state index in [0.29, 0.717) is 24.7 Å². The third kappa shape index (κ3) is 5.48. The van der Waals surface area contributed by atoms with Gasteiger partial charge in [0.25, 0.3) is 5.91 Å². The minimum Gasteiger partial charge on any atom is -0.507 e. The van der Waals surface area contributed by atoms with Gasteiger partial charge in [0.1, 0.15) is 5.75 Å². The number of aromatic hydroxyl groups is 1. The van der Waals surface area contributed by atoms with Crippen LogP contribution in [0.15, 0.2) is 24.3 Å².